The fourth-order valence-corrected chi connectivity index (χ4v) is 4.03. The van der Waals surface area contributed by atoms with Crippen LogP contribution in [0, 0.1) is 5.82 Å². The Morgan fingerprint density at radius 1 is 1.09 bits per heavy atom. The molecule has 1 heterocycles. The van der Waals surface area contributed by atoms with Crippen molar-refractivity contribution in [2.45, 2.75) is 6.61 Å². The number of hydrogen-bond donors (Lipinski definition) is 0. The van der Waals surface area contributed by atoms with E-state index in [1.54, 1.807) is 30.3 Å². The molecule has 0 bridgehead atoms. The first-order valence-electron chi connectivity index (χ1n) is 9.46. The number of benzene rings is 3. The predicted molar refractivity (Wildman–Crippen MR) is 126 cm³/mol. The van der Waals surface area contributed by atoms with E-state index in [1.165, 1.54) is 19.2 Å². The maximum Gasteiger partial charge on any atom is 0.363 e. The van der Waals surface area contributed by atoms with Crippen molar-refractivity contribution in [2.24, 2.45) is 4.99 Å². The lowest BCUT2D eigenvalue weighted by Gasteiger charge is -2.13. The van der Waals surface area contributed by atoms with Crippen LogP contribution in [0.3, 0.4) is 0 Å². The number of rotatable bonds is 6. The number of ether oxygens (including phenoxy) is 3. The highest BCUT2D eigenvalue weighted by atomic mass is 79.9. The van der Waals surface area contributed by atoms with Crippen molar-refractivity contribution in [3.63, 3.8) is 0 Å². The molecule has 0 saturated heterocycles. The summed E-state index contributed by atoms with van der Waals surface area (Å²) in [7, 11) is 1.51. The van der Waals surface area contributed by atoms with Crippen molar-refractivity contribution in [2.75, 3.05) is 7.11 Å². The summed E-state index contributed by atoms with van der Waals surface area (Å²) in [5.74, 6) is 0.284. The van der Waals surface area contributed by atoms with E-state index in [0.717, 1.165) is 4.47 Å². The van der Waals surface area contributed by atoms with Gasteiger partial charge in [0.2, 0.25) is 5.90 Å². The highest BCUT2D eigenvalue weighted by Crippen LogP contribution is 2.38. The van der Waals surface area contributed by atoms with E-state index < -0.39 is 5.97 Å². The van der Waals surface area contributed by atoms with Crippen molar-refractivity contribution in [1.82, 2.24) is 0 Å². The highest BCUT2D eigenvalue weighted by Gasteiger charge is 2.24. The summed E-state index contributed by atoms with van der Waals surface area (Å²) in [5, 5.41) is 0. The Labute approximate surface area is 200 Å². The molecular weight excluding hydrogens is 545 g/mol. The fourth-order valence-electron chi connectivity index (χ4n) is 3.06. The number of methoxy groups -OCH3 is 1. The van der Waals surface area contributed by atoms with Crippen molar-refractivity contribution >= 4 is 49.8 Å². The minimum absolute atomic E-state index is 0.166. The Morgan fingerprint density at radius 2 is 1.91 bits per heavy atom. The van der Waals surface area contributed by atoms with Crippen LogP contribution in [0.25, 0.3) is 6.08 Å². The Hall–Kier alpha value is -2.97. The first kappa shape index (κ1) is 22.2. The second kappa shape index (κ2) is 9.67. The Morgan fingerprint density at radius 3 is 2.66 bits per heavy atom. The van der Waals surface area contributed by atoms with E-state index in [1.807, 2.05) is 24.3 Å². The zero-order valence-corrected chi connectivity index (χ0v) is 19.9. The van der Waals surface area contributed by atoms with Gasteiger partial charge < -0.3 is 14.2 Å². The summed E-state index contributed by atoms with van der Waals surface area (Å²) in [6, 6.07) is 17.0. The summed E-state index contributed by atoms with van der Waals surface area (Å²) in [6.45, 7) is 0.166. The largest absolute Gasteiger partial charge is 0.493 e. The minimum atomic E-state index is -0.540. The average Bonchev–Trinajstić information content (AvgIpc) is 3.13. The molecule has 32 heavy (non-hydrogen) atoms. The molecule has 0 amide bonds. The van der Waals surface area contributed by atoms with Crippen LogP contribution in [0.2, 0.25) is 0 Å². The lowest BCUT2D eigenvalue weighted by atomic mass is 10.1. The van der Waals surface area contributed by atoms with Gasteiger partial charge in [0, 0.05) is 10.0 Å². The van der Waals surface area contributed by atoms with Gasteiger partial charge in [-0.25, -0.2) is 14.2 Å². The molecule has 5 nitrogen and oxygen atoms in total. The quantitative estimate of drug-likeness (QED) is 0.263. The molecule has 0 radical (unpaired) electrons. The third-order valence-corrected chi connectivity index (χ3v) is 5.60. The molecule has 4 rings (SSSR count). The monoisotopic (exact) mass is 559 g/mol. The van der Waals surface area contributed by atoms with Gasteiger partial charge in [-0.1, -0.05) is 34.1 Å². The summed E-state index contributed by atoms with van der Waals surface area (Å²) in [6.07, 6.45) is 1.61. The molecule has 0 unspecified atom stereocenters. The van der Waals surface area contributed by atoms with Gasteiger partial charge in [-0.05, 0) is 75.6 Å². The highest BCUT2D eigenvalue weighted by molar-refractivity contribution is 9.10. The van der Waals surface area contributed by atoms with E-state index in [-0.39, 0.29) is 24.0 Å². The molecule has 8 heteroatoms. The first-order valence-corrected chi connectivity index (χ1v) is 11.0. The van der Waals surface area contributed by atoms with Crippen LogP contribution < -0.4 is 9.47 Å². The Bertz CT molecular complexity index is 1260. The van der Waals surface area contributed by atoms with Gasteiger partial charge >= 0.3 is 5.97 Å². The molecule has 162 valence electrons. The number of carbonyl (C=O) groups is 1. The van der Waals surface area contributed by atoms with Crippen LogP contribution in [0.5, 0.6) is 11.5 Å². The summed E-state index contributed by atoms with van der Waals surface area (Å²) in [5.41, 5.74) is 2.21. The number of nitrogens with zero attached hydrogens (tertiary/aromatic N) is 1. The standard InChI is InChI=1S/C24H16Br2FNO4/c1-30-21-11-15(9-19(26)22(21)31-13-14-4-2-7-18(27)8-14)10-20-24(29)32-23(28-20)16-5-3-6-17(25)12-16/h2-12H,13H2,1H3/b20-10-. The Balaban J connectivity index is 1.59. The molecule has 0 spiro atoms. The van der Waals surface area contributed by atoms with Crippen molar-refractivity contribution in [3.8, 4) is 11.5 Å². The van der Waals surface area contributed by atoms with Crippen LogP contribution in [0.15, 0.2) is 80.3 Å². The molecule has 1 aliphatic heterocycles. The van der Waals surface area contributed by atoms with E-state index in [0.29, 0.717) is 32.7 Å². The third kappa shape index (κ3) is 5.08. The lowest BCUT2D eigenvalue weighted by Crippen LogP contribution is -2.05. The van der Waals surface area contributed by atoms with Crippen molar-refractivity contribution < 1.29 is 23.4 Å². The summed E-state index contributed by atoms with van der Waals surface area (Å²) in [4.78, 5) is 16.7. The fraction of sp³-hybridized carbons (Fsp3) is 0.0833. The third-order valence-electron chi connectivity index (χ3n) is 4.52. The van der Waals surface area contributed by atoms with Gasteiger partial charge in [0.15, 0.2) is 17.2 Å². The van der Waals surface area contributed by atoms with Crippen LogP contribution >= 0.6 is 31.9 Å². The second-order valence-electron chi connectivity index (χ2n) is 6.80. The van der Waals surface area contributed by atoms with Gasteiger partial charge in [0.25, 0.3) is 0 Å². The number of esters is 1. The number of cyclic esters (lactones) is 1. The smallest absolute Gasteiger partial charge is 0.363 e. The molecule has 0 fully saturated rings. The van der Waals surface area contributed by atoms with Gasteiger partial charge in [-0.3, -0.25) is 0 Å². The van der Waals surface area contributed by atoms with Gasteiger partial charge in [-0.15, -0.1) is 0 Å². The van der Waals surface area contributed by atoms with Crippen molar-refractivity contribution in [3.05, 3.63) is 97.8 Å². The van der Waals surface area contributed by atoms with E-state index in [9.17, 15) is 9.18 Å². The average molecular weight is 561 g/mol. The van der Waals surface area contributed by atoms with Gasteiger partial charge in [0.1, 0.15) is 12.4 Å². The van der Waals surface area contributed by atoms with Crippen LogP contribution in [-0.2, 0) is 16.1 Å². The van der Waals surface area contributed by atoms with Crippen LogP contribution in [-0.4, -0.2) is 19.0 Å². The van der Waals surface area contributed by atoms with E-state index >= 15 is 0 Å². The summed E-state index contributed by atoms with van der Waals surface area (Å²) < 4.78 is 31.5. The zero-order valence-electron chi connectivity index (χ0n) is 16.8. The summed E-state index contributed by atoms with van der Waals surface area (Å²) >= 11 is 6.88. The van der Waals surface area contributed by atoms with E-state index in [4.69, 9.17) is 14.2 Å². The first-order chi connectivity index (χ1) is 15.4. The normalized spacial score (nSPS) is 14.3. The lowest BCUT2D eigenvalue weighted by molar-refractivity contribution is -0.129. The maximum atomic E-state index is 13.4. The van der Waals surface area contributed by atoms with Crippen LogP contribution in [0.4, 0.5) is 4.39 Å². The Kier molecular flexibility index (Phi) is 6.72. The molecule has 0 aromatic heterocycles. The molecule has 0 N–H and O–H groups in total. The zero-order chi connectivity index (χ0) is 22.7. The maximum absolute atomic E-state index is 13.4. The topological polar surface area (TPSA) is 57.1 Å². The molecular formula is C24H16Br2FNO4. The second-order valence-corrected chi connectivity index (χ2v) is 8.57. The molecule has 3 aromatic carbocycles. The molecule has 3 aromatic rings. The predicted octanol–water partition coefficient (Wildman–Crippen LogP) is 6.28. The number of hydrogen-bond acceptors (Lipinski definition) is 5. The van der Waals surface area contributed by atoms with E-state index in [2.05, 4.69) is 36.9 Å². The number of halogens is 3. The molecule has 0 saturated carbocycles. The SMILES string of the molecule is COc1cc(/C=C2\N=C(c3cccc(Br)c3)OC2=O)cc(Br)c1OCc1cccc(F)c1. The number of aliphatic imine (C=N–C) groups is 1. The van der Waals surface area contributed by atoms with Crippen molar-refractivity contribution in [1.29, 1.82) is 0 Å². The van der Waals surface area contributed by atoms with Gasteiger partial charge in [-0.2, -0.15) is 0 Å². The molecule has 0 aliphatic carbocycles. The molecule has 1 aliphatic rings. The van der Waals surface area contributed by atoms with Crippen LogP contribution in [0.1, 0.15) is 16.7 Å². The molecule has 0 atom stereocenters. The minimum Gasteiger partial charge on any atom is -0.493 e. The number of carbonyl (C=O) groups excluding carboxylic acids is 1. The van der Waals surface area contributed by atoms with Gasteiger partial charge in [0.05, 0.1) is 11.6 Å².